The van der Waals surface area contributed by atoms with Crippen LogP contribution in [-0.2, 0) is 0 Å². The number of fused-ring (bicyclic) bond motifs is 1. The summed E-state index contributed by atoms with van der Waals surface area (Å²) < 4.78 is 0. The molecule has 3 aromatic rings. The van der Waals surface area contributed by atoms with E-state index < -0.39 is 0 Å². The first-order valence-corrected chi connectivity index (χ1v) is 8.49. The van der Waals surface area contributed by atoms with Crippen LogP contribution in [0.4, 0.5) is 5.82 Å². The first kappa shape index (κ1) is 13.9. The van der Waals surface area contributed by atoms with Crippen LogP contribution < -0.4 is 10.2 Å². The third kappa shape index (κ3) is 2.56. The van der Waals surface area contributed by atoms with Crippen LogP contribution in [0.25, 0.3) is 20.7 Å². The summed E-state index contributed by atoms with van der Waals surface area (Å²) in [5.74, 6) is 0.954. The fraction of sp³-hybridized carbons (Fsp3) is 0.250. The maximum atomic E-state index is 6.14. The van der Waals surface area contributed by atoms with Crippen LogP contribution in [0.5, 0.6) is 0 Å². The minimum absolute atomic E-state index is 0.322. The summed E-state index contributed by atoms with van der Waals surface area (Å²) in [6.45, 7) is 3.83. The molecular weight excluding hydrogens is 316 g/mol. The average Bonchev–Trinajstić information content (AvgIpc) is 2.99. The van der Waals surface area contributed by atoms with Gasteiger partial charge in [0.1, 0.15) is 10.6 Å². The van der Waals surface area contributed by atoms with E-state index in [1.807, 2.05) is 6.07 Å². The lowest BCUT2D eigenvalue weighted by Gasteiger charge is -2.28. The van der Waals surface area contributed by atoms with Crippen LogP contribution in [0.2, 0.25) is 5.28 Å². The normalized spacial score (nSPS) is 15.4. The molecule has 22 heavy (non-hydrogen) atoms. The molecule has 1 N–H and O–H groups in total. The molecule has 0 radical (unpaired) electrons. The van der Waals surface area contributed by atoms with E-state index in [9.17, 15) is 0 Å². The number of hydrogen-bond acceptors (Lipinski definition) is 5. The zero-order valence-electron chi connectivity index (χ0n) is 11.9. The third-order valence-electron chi connectivity index (χ3n) is 3.82. The molecule has 6 heteroatoms. The van der Waals surface area contributed by atoms with Gasteiger partial charge in [-0.3, -0.25) is 0 Å². The van der Waals surface area contributed by atoms with E-state index in [0.717, 1.165) is 42.2 Å². The second-order valence-electron chi connectivity index (χ2n) is 5.25. The van der Waals surface area contributed by atoms with Crippen molar-refractivity contribution < 1.29 is 0 Å². The molecule has 0 bridgehead atoms. The molecule has 1 saturated heterocycles. The minimum Gasteiger partial charge on any atom is -0.353 e. The van der Waals surface area contributed by atoms with Crippen molar-refractivity contribution in [1.29, 1.82) is 0 Å². The van der Waals surface area contributed by atoms with Gasteiger partial charge in [-0.2, -0.15) is 4.98 Å². The van der Waals surface area contributed by atoms with Crippen molar-refractivity contribution in [1.82, 2.24) is 15.3 Å². The second-order valence-corrected chi connectivity index (χ2v) is 6.62. The number of nitrogens with zero attached hydrogens (tertiary/aromatic N) is 3. The monoisotopic (exact) mass is 330 g/mol. The third-order valence-corrected chi connectivity index (χ3v) is 5.07. The van der Waals surface area contributed by atoms with Crippen molar-refractivity contribution in [2.45, 2.75) is 0 Å². The molecule has 1 aliphatic rings. The van der Waals surface area contributed by atoms with Crippen LogP contribution in [0.3, 0.4) is 0 Å². The Hall–Kier alpha value is -1.69. The maximum absolute atomic E-state index is 6.14. The lowest BCUT2D eigenvalue weighted by Crippen LogP contribution is -2.44. The molecule has 0 amide bonds. The molecule has 1 aromatic carbocycles. The molecule has 0 aliphatic carbocycles. The van der Waals surface area contributed by atoms with Crippen LogP contribution in [0, 0.1) is 0 Å². The minimum atomic E-state index is 0.322. The molecule has 0 spiro atoms. The molecule has 2 aromatic heterocycles. The van der Waals surface area contributed by atoms with Crippen molar-refractivity contribution >= 4 is 39.0 Å². The van der Waals surface area contributed by atoms with Gasteiger partial charge in [0.05, 0.1) is 5.39 Å². The molecule has 0 unspecified atom stereocenters. The lowest BCUT2D eigenvalue weighted by atomic mass is 10.2. The van der Waals surface area contributed by atoms with Crippen molar-refractivity contribution in [2.24, 2.45) is 0 Å². The largest absolute Gasteiger partial charge is 0.353 e. The first-order chi connectivity index (χ1) is 10.8. The number of benzene rings is 1. The van der Waals surface area contributed by atoms with Gasteiger partial charge in [-0.1, -0.05) is 30.3 Å². The number of aromatic nitrogens is 2. The quantitative estimate of drug-likeness (QED) is 0.731. The highest BCUT2D eigenvalue weighted by atomic mass is 35.5. The number of piperazine rings is 1. The Balaban J connectivity index is 1.84. The highest BCUT2D eigenvalue weighted by molar-refractivity contribution is 7.22. The first-order valence-electron chi connectivity index (χ1n) is 7.29. The van der Waals surface area contributed by atoms with E-state index in [1.54, 1.807) is 11.3 Å². The zero-order chi connectivity index (χ0) is 14.9. The van der Waals surface area contributed by atoms with Crippen LogP contribution in [0.1, 0.15) is 0 Å². The van der Waals surface area contributed by atoms with E-state index in [1.165, 1.54) is 10.4 Å². The van der Waals surface area contributed by atoms with Crippen LogP contribution in [-0.4, -0.2) is 36.1 Å². The highest BCUT2D eigenvalue weighted by Gasteiger charge is 2.18. The van der Waals surface area contributed by atoms with Crippen LogP contribution >= 0.6 is 22.9 Å². The van der Waals surface area contributed by atoms with Gasteiger partial charge in [0.25, 0.3) is 0 Å². The van der Waals surface area contributed by atoms with Gasteiger partial charge in [-0.25, -0.2) is 4.98 Å². The van der Waals surface area contributed by atoms with Gasteiger partial charge in [0.2, 0.25) is 5.28 Å². The maximum Gasteiger partial charge on any atom is 0.225 e. The second kappa shape index (κ2) is 5.83. The molecule has 0 saturated carbocycles. The van der Waals surface area contributed by atoms with E-state index in [4.69, 9.17) is 11.6 Å². The Bertz CT molecular complexity index is 797. The summed E-state index contributed by atoms with van der Waals surface area (Å²) in [6.07, 6.45) is 0. The van der Waals surface area contributed by atoms with Gasteiger partial charge in [0, 0.05) is 31.1 Å². The molecule has 4 rings (SSSR count). The Morgan fingerprint density at radius 3 is 2.64 bits per heavy atom. The molecule has 1 aliphatic heterocycles. The zero-order valence-corrected chi connectivity index (χ0v) is 13.5. The summed E-state index contributed by atoms with van der Waals surface area (Å²) in [5, 5.41) is 4.78. The SMILES string of the molecule is Clc1nc(N2CCNCC2)c2cc(-c3ccccc3)sc2n1. The number of hydrogen-bond donors (Lipinski definition) is 1. The topological polar surface area (TPSA) is 41.1 Å². The van der Waals surface area contributed by atoms with Crippen molar-refractivity contribution in [3.05, 3.63) is 41.7 Å². The number of thiophene rings is 1. The summed E-state index contributed by atoms with van der Waals surface area (Å²) in [7, 11) is 0. The van der Waals surface area contributed by atoms with Gasteiger partial charge < -0.3 is 10.2 Å². The average molecular weight is 331 g/mol. The molecule has 0 atom stereocenters. The van der Waals surface area contributed by atoms with E-state index >= 15 is 0 Å². The summed E-state index contributed by atoms with van der Waals surface area (Å²) in [5.41, 5.74) is 1.20. The summed E-state index contributed by atoms with van der Waals surface area (Å²) in [4.78, 5) is 13.3. The molecule has 1 fully saturated rings. The number of halogens is 1. The molecular formula is C16H15ClN4S. The predicted octanol–water partition coefficient (Wildman–Crippen LogP) is 3.42. The van der Waals surface area contributed by atoms with Crippen LogP contribution in [0.15, 0.2) is 36.4 Å². The summed E-state index contributed by atoms with van der Waals surface area (Å²) >= 11 is 7.81. The van der Waals surface area contributed by atoms with Gasteiger partial charge in [-0.05, 0) is 23.2 Å². The van der Waals surface area contributed by atoms with Gasteiger partial charge >= 0.3 is 0 Å². The Labute approximate surface area is 137 Å². The van der Waals surface area contributed by atoms with E-state index in [0.29, 0.717) is 5.28 Å². The Morgan fingerprint density at radius 2 is 1.86 bits per heavy atom. The van der Waals surface area contributed by atoms with Crippen molar-refractivity contribution in [3.8, 4) is 10.4 Å². The van der Waals surface area contributed by atoms with E-state index in [-0.39, 0.29) is 0 Å². The molecule has 4 nitrogen and oxygen atoms in total. The lowest BCUT2D eigenvalue weighted by molar-refractivity contribution is 0.586. The van der Waals surface area contributed by atoms with Crippen molar-refractivity contribution in [2.75, 3.05) is 31.1 Å². The van der Waals surface area contributed by atoms with Crippen molar-refractivity contribution in [3.63, 3.8) is 0 Å². The van der Waals surface area contributed by atoms with E-state index in [2.05, 4.69) is 50.5 Å². The molecule has 3 heterocycles. The predicted molar refractivity (Wildman–Crippen MR) is 92.9 cm³/mol. The van der Waals surface area contributed by atoms with Gasteiger partial charge in [0.15, 0.2) is 0 Å². The fourth-order valence-electron chi connectivity index (χ4n) is 2.74. The fourth-order valence-corrected chi connectivity index (χ4v) is 3.99. The number of nitrogens with one attached hydrogen (secondary N) is 1. The summed E-state index contributed by atoms with van der Waals surface area (Å²) in [6, 6.07) is 12.5. The standard InChI is InChI=1S/C16H15ClN4S/c17-16-19-14(21-8-6-18-7-9-21)12-10-13(22-15(12)20-16)11-4-2-1-3-5-11/h1-5,10,18H,6-9H2. The Morgan fingerprint density at radius 1 is 1.09 bits per heavy atom. The van der Waals surface area contributed by atoms with Gasteiger partial charge in [-0.15, -0.1) is 11.3 Å². The highest BCUT2D eigenvalue weighted by Crippen LogP contribution is 2.37. The number of anilines is 1. The smallest absolute Gasteiger partial charge is 0.225 e. The molecule has 112 valence electrons. The Kier molecular flexibility index (Phi) is 3.70. The number of rotatable bonds is 2.